The summed E-state index contributed by atoms with van der Waals surface area (Å²) >= 11 is 0. The Kier molecular flexibility index (Phi) is 29.3. The monoisotopic (exact) mass is 952 g/mol. The fourth-order valence-corrected chi connectivity index (χ4v) is 8.32. The van der Waals surface area contributed by atoms with Gasteiger partial charge >= 0.3 is 0 Å². The zero-order chi connectivity index (χ0) is 48.4. The SMILES string of the molecule is CCCCCCCCCCCCCC/C=C/CC/C=C/C(O)C(COC1OC(CO)C(OC2OC(CO)C(OC3OC(CO)C(O)C(O)C3O)C(O)C2O)C(O)C1O)NC(=O)CCCCC. The van der Waals surface area contributed by atoms with Gasteiger partial charge in [0, 0.05) is 6.42 Å². The number of amides is 1. The Balaban J connectivity index is 1.51. The molecule has 12 N–H and O–H groups in total. The molecule has 17 atom stereocenters. The van der Waals surface area contributed by atoms with Crippen LogP contribution in [0.1, 0.15) is 136 Å². The zero-order valence-corrected chi connectivity index (χ0v) is 39.2. The number of hydrogen-bond acceptors (Lipinski definition) is 18. The highest BCUT2D eigenvalue weighted by Crippen LogP contribution is 2.33. The number of rotatable bonds is 33. The Morgan fingerprint density at radius 1 is 0.530 bits per heavy atom. The van der Waals surface area contributed by atoms with Gasteiger partial charge in [0.1, 0.15) is 73.2 Å². The molecule has 3 rings (SSSR count). The van der Waals surface area contributed by atoms with Crippen molar-refractivity contribution in [3.05, 3.63) is 24.3 Å². The second-order valence-corrected chi connectivity index (χ2v) is 17.9. The van der Waals surface area contributed by atoms with Crippen LogP contribution < -0.4 is 5.32 Å². The van der Waals surface area contributed by atoms with Crippen LogP contribution in [0.5, 0.6) is 0 Å². The Morgan fingerprint density at radius 2 is 0.970 bits per heavy atom. The fraction of sp³-hybridized carbons (Fsp3) is 0.894. The predicted molar refractivity (Wildman–Crippen MR) is 240 cm³/mol. The van der Waals surface area contributed by atoms with E-state index in [1.807, 2.05) is 13.0 Å². The number of carbonyl (C=O) groups excluding carboxylic acids is 1. The van der Waals surface area contributed by atoms with Crippen molar-refractivity contribution >= 4 is 5.91 Å². The van der Waals surface area contributed by atoms with Gasteiger partial charge in [-0.15, -0.1) is 0 Å². The van der Waals surface area contributed by atoms with Gasteiger partial charge in [-0.1, -0.05) is 122 Å². The lowest BCUT2D eigenvalue weighted by atomic mass is 9.96. The van der Waals surface area contributed by atoms with E-state index in [4.69, 9.17) is 28.4 Å². The van der Waals surface area contributed by atoms with Crippen molar-refractivity contribution in [1.82, 2.24) is 5.32 Å². The number of carbonyl (C=O) groups is 1. The third-order valence-corrected chi connectivity index (χ3v) is 12.5. The summed E-state index contributed by atoms with van der Waals surface area (Å²) < 4.78 is 33.9. The van der Waals surface area contributed by atoms with Gasteiger partial charge in [0.25, 0.3) is 0 Å². The van der Waals surface area contributed by atoms with Gasteiger partial charge in [0.05, 0.1) is 38.6 Å². The van der Waals surface area contributed by atoms with Gasteiger partial charge in [0.2, 0.25) is 5.91 Å². The van der Waals surface area contributed by atoms with Gasteiger partial charge in [-0.25, -0.2) is 0 Å². The van der Waals surface area contributed by atoms with Crippen molar-refractivity contribution in [3.63, 3.8) is 0 Å². The van der Waals surface area contributed by atoms with Crippen molar-refractivity contribution in [2.45, 2.75) is 240 Å². The molecule has 0 radical (unpaired) electrons. The van der Waals surface area contributed by atoms with Crippen molar-refractivity contribution in [3.8, 4) is 0 Å². The van der Waals surface area contributed by atoms with E-state index in [-0.39, 0.29) is 18.9 Å². The van der Waals surface area contributed by atoms with Gasteiger partial charge in [-0.3, -0.25) is 4.79 Å². The number of aliphatic hydroxyl groups excluding tert-OH is 11. The van der Waals surface area contributed by atoms with Gasteiger partial charge in [0.15, 0.2) is 18.9 Å². The zero-order valence-electron chi connectivity index (χ0n) is 39.2. The van der Waals surface area contributed by atoms with Crippen molar-refractivity contribution in [2.75, 3.05) is 26.4 Å². The third-order valence-electron chi connectivity index (χ3n) is 12.5. The molecule has 3 aliphatic heterocycles. The molecule has 0 aromatic heterocycles. The van der Waals surface area contributed by atoms with Gasteiger partial charge in [-0.2, -0.15) is 0 Å². The minimum absolute atomic E-state index is 0.221. The van der Waals surface area contributed by atoms with Crippen molar-refractivity contribution < 1.29 is 89.4 Å². The number of aliphatic hydroxyl groups is 11. The summed E-state index contributed by atoms with van der Waals surface area (Å²) in [5.41, 5.74) is 0. The Bertz CT molecular complexity index is 1330. The van der Waals surface area contributed by atoms with Gasteiger partial charge in [-0.05, 0) is 32.1 Å². The smallest absolute Gasteiger partial charge is 0.220 e. The normalized spacial score (nSPS) is 34.0. The molecule has 0 aromatic carbocycles. The van der Waals surface area contributed by atoms with E-state index < -0.39 is 124 Å². The van der Waals surface area contributed by atoms with Crippen LogP contribution in [0.2, 0.25) is 0 Å². The summed E-state index contributed by atoms with van der Waals surface area (Å²) in [7, 11) is 0. The van der Waals surface area contributed by atoms with Gasteiger partial charge < -0.3 is 89.9 Å². The quantitative estimate of drug-likeness (QED) is 0.0321. The minimum atomic E-state index is -1.98. The number of allylic oxidation sites excluding steroid dienone is 3. The number of hydrogen-bond donors (Lipinski definition) is 12. The average Bonchev–Trinajstić information content (AvgIpc) is 3.31. The highest BCUT2D eigenvalue weighted by molar-refractivity contribution is 5.76. The summed E-state index contributed by atoms with van der Waals surface area (Å²) in [5, 5.41) is 119. The first-order chi connectivity index (χ1) is 31.8. The molecule has 3 aliphatic rings. The standard InChI is InChI=1S/C47H85NO18/c1-3-5-7-8-9-10-11-12-13-14-15-16-17-18-19-20-21-23-24-31(52)30(48-35(53)25-22-6-4-2)29-61-45-41(59)38(56)43(33(27-50)63-45)66-47-42(60)39(57)44(34(28-51)64-47)65-46-40(58)37(55)36(54)32(26-49)62-46/h18-19,23-24,30-34,36-47,49-52,54-60H,3-17,20-22,25-29H2,1-2H3,(H,48,53)/b19-18+,24-23+. The maximum Gasteiger partial charge on any atom is 0.220 e. The summed E-state index contributed by atoms with van der Waals surface area (Å²) in [6.07, 6.45) is 1.64. The van der Waals surface area contributed by atoms with E-state index in [2.05, 4.69) is 24.4 Å². The van der Waals surface area contributed by atoms with Crippen LogP contribution >= 0.6 is 0 Å². The van der Waals surface area contributed by atoms with Crippen LogP contribution in [0.4, 0.5) is 0 Å². The summed E-state index contributed by atoms with van der Waals surface area (Å²) in [6.45, 7) is 1.47. The molecule has 0 spiro atoms. The molecule has 0 saturated carbocycles. The lowest BCUT2D eigenvalue weighted by Crippen LogP contribution is -2.66. The number of unbranched alkanes of at least 4 members (excludes halogenated alkanes) is 15. The predicted octanol–water partition coefficient (Wildman–Crippen LogP) is 0.861. The first-order valence-electron chi connectivity index (χ1n) is 24.6. The van der Waals surface area contributed by atoms with Crippen LogP contribution in [-0.4, -0.2) is 193 Å². The van der Waals surface area contributed by atoms with E-state index in [0.717, 1.165) is 32.1 Å². The molecule has 66 heavy (non-hydrogen) atoms. The van der Waals surface area contributed by atoms with E-state index >= 15 is 0 Å². The highest BCUT2D eigenvalue weighted by Gasteiger charge is 2.53. The third kappa shape index (κ3) is 19.2. The molecule has 17 unspecified atom stereocenters. The molecule has 3 fully saturated rings. The van der Waals surface area contributed by atoms with E-state index in [1.54, 1.807) is 6.08 Å². The fourth-order valence-electron chi connectivity index (χ4n) is 8.32. The molecular weight excluding hydrogens is 867 g/mol. The first kappa shape index (κ1) is 58.6. The maximum absolute atomic E-state index is 12.9. The molecule has 0 aromatic rings. The molecule has 3 saturated heterocycles. The molecular formula is C47H85NO18. The first-order valence-corrected chi connectivity index (χ1v) is 24.6. The molecule has 386 valence electrons. The van der Waals surface area contributed by atoms with E-state index in [0.29, 0.717) is 12.8 Å². The second kappa shape index (κ2) is 33.0. The molecule has 3 heterocycles. The number of nitrogens with one attached hydrogen (secondary N) is 1. The molecule has 0 aliphatic carbocycles. The topological polar surface area (TPSA) is 307 Å². The molecule has 0 bridgehead atoms. The van der Waals surface area contributed by atoms with Crippen molar-refractivity contribution in [2.24, 2.45) is 0 Å². The molecule has 19 nitrogen and oxygen atoms in total. The minimum Gasteiger partial charge on any atom is -0.394 e. The van der Waals surface area contributed by atoms with Crippen LogP contribution in [0.15, 0.2) is 24.3 Å². The average molecular weight is 952 g/mol. The van der Waals surface area contributed by atoms with Crippen LogP contribution in [0.3, 0.4) is 0 Å². The molecule has 19 heteroatoms. The van der Waals surface area contributed by atoms with E-state index in [9.17, 15) is 61.0 Å². The Hall–Kier alpha value is -1.73. The Morgan fingerprint density at radius 3 is 1.52 bits per heavy atom. The highest BCUT2D eigenvalue weighted by atomic mass is 16.8. The van der Waals surface area contributed by atoms with E-state index in [1.165, 1.54) is 70.6 Å². The van der Waals surface area contributed by atoms with Crippen LogP contribution in [-0.2, 0) is 33.2 Å². The summed E-state index contributed by atoms with van der Waals surface area (Å²) in [5.74, 6) is -0.313. The largest absolute Gasteiger partial charge is 0.394 e. The molecule has 1 amide bonds. The Labute approximate surface area is 390 Å². The van der Waals surface area contributed by atoms with Crippen molar-refractivity contribution in [1.29, 1.82) is 0 Å². The van der Waals surface area contributed by atoms with Crippen LogP contribution in [0, 0.1) is 0 Å². The summed E-state index contributed by atoms with van der Waals surface area (Å²) in [4.78, 5) is 12.9. The maximum atomic E-state index is 12.9. The lowest BCUT2D eigenvalue weighted by Gasteiger charge is -2.48. The second-order valence-electron chi connectivity index (χ2n) is 17.9. The van der Waals surface area contributed by atoms with Crippen LogP contribution in [0.25, 0.3) is 0 Å². The lowest BCUT2D eigenvalue weighted by molar-refractivity contribution is -0.379. The summed E-state index contributed by atoms with van der Waals surface area (Å²) in [6, 6.07) is -0.980. The number of ether oxygens (including phenoxy) is 6.